The van der Waals surface area contributed by atoms with Gasteiger partial charge in [-0.3, -0.25) is 0 Å². The summed E-state index contributed by atoms with van der Waals surface area (Å²) in [6, 6.07) is 8.50. The van der Waals surface area contributed by atoms with Gasteiger partial charge in [0.25, 0.3) is 0 Å². The molecule has 2 unspecified atom stereocenters. The van der Waals surface area contributed by atoms with Crippen molar-refractivity contribution in [3.05, 3.63) is 35.4 Å². The zero-order valence-corrected chi connectivity index (χ0v) is 13.2. The number of nitrogens with one attached hydrogen (secondary N) is 1. The Bertz CT molecular complexity index is 381. The van der Waals surface area contributed by atoms with E-state index in [1.807, 2.05) is 12.1 Å². The van der Waals surface area contributed by atoms with Crippen molar-refractivity contribution < 1.29 is 10.2 Å². The molecule has 0 bridgehead atoms. The quantitative estimate of drug-likeness (QED) is 0.719. The summed E-state index contributed by atoms with van der Waals surface area (Å²) < 4.78 is 0. The van der Waals surface area contributed by atoms with Crippen LogP contribution in [0.5, 0.6) is 0 Å². The maximum atomic E-state index is 10.2. The molecule has 3 heteroatoms. The van der Waals surface area contributed by atoms with Crippen LogP contribution in [0.3, 0.4) is 0 Å². The molecule has 0 aliphatic rings. The molecule has 114 valence electrons. The number of hydrogen-bond donors (Lipinski definition) is 3. The minimum atomic E-state index is -0.486. The van der Waals surface area contributed by atoms with Crippen LogP contribution >= 0.6 is 0 Å². The normalized spacial score (nSPS) is 15.1. The first-order valence-electron chi connectivity index (χ1n) is 7.47. The van der Waals surface area contributed by atoms with Gasteiger partial charge in [-0.1, -0.05) is 45.0 Å². The average Bonchev–Trinajstić information content (AvgIpc) is 2.41. The molecule has 0 saturated heterocycles. The molecule has 3 nitrogen and oxygen atoms in total. The molecular formula is C17H29NO2. The highest BCUT2D eigenvalue weighted by molar-refractivity contribution is 5.28. The van der Waals surface area contributed by atoms with Crippen LogP contribution in [0.4, 0.5) is 0 Å². The molecule has 0 aliphatic heterocycles. The lowest BCUT2D eigenvalue weighted by molar-refractivity contribution is 0.169. The summed E-state index contributed by atoms with van der Waals surface area (Å²) in [5.41, 5.74) is 2.36. The summed E-state index contributed by atoms with van der Waals surface area (Å²) in [5, 5.41) is 22.3. The summed E-state index contributed by atoms with van der Waals surface area (Å²) >= 11 is 0. The second-order valence-electron chi connectivity index (χ2n) is 6.56. The Morgan fingerprint density at radius 2 is 1.75 bits per heavy atom. The largest absolute Gasteiger partial charge is 0.396 e. The number of benzene rings is 1. The van der Waals surface area contributed by atoms with Crippen molar-refractivity contribution in [3.8, 4) is 0 Å². The Morgan fingerprint density at radius 1 is 1.15 bits per heavy atom. The molecule has 2 atom stereocenters. The van der Waals surface area contributed by atoms with E-state index >= 15 is 0 Å². The Kier molecular flexibility index (Phi) is 6.66. The lowest BCUT2D eigenvalue weighted by Crippen LogP contribution is -2.30. The highest BCUT2D eigenvalue weighted by atomic mass is 16.3. The molecule has 0 spiro atoms. The third kappa shape index (κ3) is 5.61. The Hall–Kier alpha value is -0.900. The fourth-order valence-corrected chi connectivity index (χ4v) is 2.14. The highest BCUT2D eigenvalue weighted by Crippen LogP contribution is 2.23. The van der Waals surface area contributed by atoms with Crippen molar-refractivity contribution in [2.75, 3.05) is 13.2 Å². The van der Waals surface area contributed by atoms with Gasteiger partial charge in [-0.15, -0.1) is 0 Å². The zero-order valence-electron chi connectivity index (χ0n) is 13.2. The number of aliphatic hydroxyl groups excluding tert-OH is 2. The van der Waals surface area contributed by atoms with E-state index in [1.165, 1.54) is 5.56 Å². The first-order valence-corrected chi connectivity index (χ1v) is 7.47. The van der Waals surface area contributed by atoms with E-state index in [0.717, 1.165) is 18.4 Å². The van der Waals surface area contributed by atoms with E-state index in [1.54, 1.807) is 0 Å². The SMILES string of the molecule is CC(CCCO)NCC(O)c1ccc(C(C)(C)C)cc1. The summed E-state index contributed by atoms with van der Waals surface area (Å²) in [6.07, 6.45) is 1.23. The monoisotopic (exact) mass is 279 g/mol. The van der Waals surface area contributed by atoms with Gasteiger partial charge in [0.15, 0.2) is 0 Å². The second kappa shape index (κ2) is 7.77. The predicted molar refractivity (Wildman–Crippen MR) is 83.9 cm³/mol. The predicted octanol–water partition coefficient (Wildman–Crippen LogP) is 2.77. The summed E-state index contributed by atoms with van der Waals surface area (Å²) in [6.45, 7) is 9.39. The summed E-state index contributed by atoms with van der Waals surface area (Å²) in [4.78, 5) is 0. The summed E-state index contributed by atoms with van der Waals surface area (Å²) in [5.74, 6) is 0. The smallest absolute Gasteiger partial charge is 0.0914 e. The first kappa shape index (κ1) is 17.2. The number of hydrogen-bond acceptors (Lipinski definition) is 3. The molecule has 1 aromatic carbocycles. The van der Waals surface area contributed by atoms with Gasteiger partial charge >= 0.3 is 0 Å². The molecule has 0 aromatic heterocycles. The van der Waals surface area contributed by atoms with Crippen LogP contribution in [-0.4, -0.2) is 29.4 Å². The highest BCUT2D eigenvalue weighted by Gasteiger charge is 2.14. The van der Waals surface area contributed by atoms with Crippen molar-refractivity contribution >= 4 is 0 Å². The van der Waals surface area contributed by atoms with Gasteiger partial charge in [0.1, 0.15) is 0 Å². The van der Waals surface area contributed by atoms with Crippen molar-refractivity contribution in [2.24, 2.45) is 0 Å². The fourth-order valence-electron chi connectivity index (χ4n) is 2.14. The lowest BCUT2D eigenvalue weighted by Gasteiger charge is -2.21. The van der Waals surface area contributed by atoms with Crippen LogP contribution in [0.1, 0.15) is 57.8 Å². The maximum absolute atomic E-state index is 10.2. The van der Waals surface area contributed by atoms with Crippen LogP contribution in [0.2, 0.25) is 0 Å². The van der Waals surface area contributed by atoms with Crippen molar-refractivity contribution in [1.82, 2.24) is 5.32 Å². The minimum Gasteiger partial charge on any atom is -0.396 e. The van der Waals surface area contributed by atoms with Gasteiger partial charge in [-0.25, -0.2) is 0 Å². The van der Waals surface area contributed by atoms with Gasteiger partial charge < -0.3 is 15.5 Å². The average molecular weight is 279 g/mol. The molecule has 0 saturated carbocycles. The van der Waals surface area contributed by atoms with Crippen LogP contribution in [0.25, 0.3) is 0 Å². The van der Waals surface area contributed by atoms with E-state index in [9.17, 15) is 5.11 Å². The van der Waals surface area contributed by atoms with Crippen molar-refractivity contribution in [3.63, 3.8) is 0 Å². The Balaban J connectivity index is 2.49. The maximum Gasteiger partial charge on any atom is 0.0914 e. The standard InChI is InChI=1S/C17H29NO2/c1-13(6-5-11-19)18-12-16(20)14-7-9-15(10-8-14)17(2,3)4/h7-10,13,16,18-20H,5-6,11-12H2,1-4H3. The molecule has 0 amide bonds. The van der Waals surface area contributed by atoms with E-state index in [-0.39, 0.29) is 12.0 Å². The van der Waals surface area contributed by atoms with Crippen LogP contribution in [0.15, 0.2) is 24.3 Å². The third-order valence-electron chi connectivity index (χ3n) is 3.62. The molecule has 3 N–H and O–H groups in total. The molecule has 0 radical (unpaired) electrons. The van der Waals surface area contributed by atoms with E-state index in [4.69, 9.17) is 5.11 Å². The lowest BCUT2D eigenvalue weighted by atomic mass is 9.86. The van der Waals surface area contributed by atoms with Gasteiger partial charge in [0.05, 0.1) is 6.10 Å². The van der Waals surface area contributed by atoms with Gasteiger partial charge in [0, 0.05) is 19.2 Å². The summed E-state index contributed by atoms with van der Waals surface area (Å²) in [7, 11) is 0. The third-order valence-corrected chi connectivity index (χ3v) is 3.62. The second-order valence-corrected chi connectivity index (χ2v) is 6.56. The van der Waals surface area contributed by atoms with E-state index in [0.29, 0.717) is 12.6 Å². The van der Waals surface area contributed by atoms with Crippen LogP contribution in [-0.2, 0) is 5.41 Å². The molecule has 0 aliphatic carbocycles. The van der Waals surface area contributed by atoms with Crippen molar-refractivity contribution in [1.29, 1.82) is 0 Å². The molecule has 1 rings (SSSR count). The molecule has 0 fully saturated rings. The minimum absolute atomic E-state index is 0.139. The Labute approximate surface area is 123 Å². The Morgan fingerprint density at radius 3 is 2.25 bits per heavy atom. The fraction of sp³-hybridized carbons (Fsp3) is 0.647. The van der Waals surface area contributed by atoms with Gasteiger partial charge in [0.2, 0.25) is 0 Å². The molecule has 20 heavy (non-hydrogen) atoms. The molecule has 1 aromatic rings. The molecule has 0 heterocycles. The zero-order chi connectivity index (χ0) is 15.2. The van der Waals surface area contributed by atoms with Gasteiger partial charge in [-0.05, 0) is 36.3 Å². The van der Waals surface area contributed by atoms with E-state index < -0.39 is 6.10 Å². The van der Waals surface area contributed by atoms with Crippen LogP contribution in [0, 0.1) is 0 Å². The number of aliphatic hydroxyl groups is 2. The van der Waals surface area contributed by atoms with Crippen molar-refractivity contribution in [2.45, 2.75) is 58.1 Å². The molecular weight excluding hydrogens is 250 g/mol. The van der Waals surface area contributed by atoms with Crippen LogP contribution < -0.4 is 5.32 Å². The number of rotatable bonds is 7. The topological polar surface area (TPSA) is 52.5 Å². The van der Waals surface area contributed by atoms with Gasteiger partial charge in [-0.2, -0.15) is 0 Å². The first-order chi connectivity index (χ1) is 9.34. The van der Waals surface area contributed by atoms with E-state index in [2.05, 4.69) is 45.1 Å².